The summed E-state index contributed by atoms with van der Waals surface area (Å²) in [7, 11) is 0. The Hall–Kier alpha value is -0.180. The molecule has 0 radical (unpaired) electrons. The maximum atomic E-state index is 6.02. The van der Waals surface area contributed by atoms with Crippen LogP contribution in [0.3, 0.4) is 0 Å². The molecule has 1 atom stereocenters. The van der Waals surface area contributed by atoms with E-state index in [-0.39, 0.29) is 0 Å². The molecule has 1 aromatic rings. The Morgan fingerprint density at radius 1 is 1.26 bits per heavy atom. The molecule has 1 N–H and O–H groups in total. The van der Waals surface area contributed by atoms with E-state index in [1.54, 1.807) is 0 Å². The summed E-state index contributed by atoms with van der Waals surface area (Å²) in [5.41, 5.74) is 0. The molecule has 3 heteroatoms. The Kier molecular flexibility index (Phi) is 8.60. The Bertz CT molecular complexity index is 354. The molecule has 0 saturated heterocycles. The van der Waals surface area contributed by atoms with E-state index in [0.29, 0.717) is 6.04 Å². The van der Waals surface area contributed by atoms with Gasteiger partial charge in [0.15, 0.2) is 0 Å². The molecule has 0 amide bonds. The first-order valence-electron chi connectivity index (χ1n) is 7.23. The molecule has 19 heavy (non-hydrogen) atoms. The van der Waals surface area contributed by atoms with E-state index in [2.05, 4.69) is 32.2 Å². The molecule has 0 aliphatic carbocycles. The lowest BCUT2D eigenvalue weighted by Crippen LogP contribution is -2.32. The van der Waals surface area contributed by atoms with Gasteiger partial charge in [-0.1, -0.05) is 38.4 Å². The van der Waals surface area contributed by atoms with Crippen molar-refractivity contribution in [3.05, 3.63) is 29.3 Å². The van der Waals surface area contributed by atoms with E-state index in [1.807, 2.05) is 30.0 Å². The zero-order valence-electron chi connectivity index (χ0n) is 12.3. The largest absolute Gasteiger partial charge is 0.313 e. The van der Waals surface area contributed by atoms with Crippen molar-refractivity contribution >= 4 is 23.4 Å². The predicted octanol–water partition coefficient (Wildman–Crippen LogP) is 5.24. The van der Waals surface area contributed by atoms with Crippen LogP contribution in [0.15, 0.2) is 29.2 Å². The maximum Gasteiger partial charge on any atom is 0.0417 e. The normalized spacial score (nSPS) is 12.9. The van der Waals surface area contributed by atoms with Crippen LogP contribution in [0.5, 0.6) is 0 Å². The van der Waals surface area contributed by atoms with Gasteiger partial charge in [-0.2, -0.15) is 0 Å². The summed E-state index contributed by atoms with van der Waals surface area (Å²) in [4.78, 5) is 1.26. The number of nitrogens with one attached hydrogen (secondary N) is 1. The molecule has 0 aliphatic rings. The van der Waals surface area contributed by atoms with E-state index in [0.717, 1.165) is 23.2 Å². The summed E-state index contributed by atoms with van der Waals surface area (Å²) >= 11 is 7.92. The molecule has 1 nitrogen and oxygen atoms in total. The number of benzene rings is 1. The fraction of sp³-hybridized carbons (Fsp3) is 0.625. The Balaban J connectivity index is 2.42. The fourth-order valence-corrected chi connectivity index (χ4v) is 3.20. The van der Waals surface area contributed by atoms with Gasteiger partial charge in [-0.3, -0.25) is 0 Å². The van der Waals surface area contributed by atoms with Crippen LogP contribution in [0.4, 0.5) is 0 Å². The third kappa shape index (κ3) is 7.86. The Morgan fingerprint density at radius 2 is 2.05 bits per heavy atom. The quantitative estimate of drug-likeness (QED) is 0.626. The second-order valence-electron chi connectivity index (χ2n) is 5.39. The van der Waals surface area contributed by atoms with Crippen molar-refractivity contribution in [3.63, 3.8) is 0 Å². The first-order chi connectivity index (χ1) is 9.11. The Labute approximate surface area is 127 Å². The summed E-state index contributed by atoms with van der Waals surface area (Å²) < 4.78 is 0. The lowest BCUT2D eigenvalue weighted by Gasteiger charge is -2.19. The molecule has 1 rings (SSSR count). The molecule has 0 spiro atoms. The summed E-state index contributed by atoms with van der Waals surface area (Å²) in [6.45, 7) is 7.91. The highest BCUT2D eigenvalue weighted by Crippen LogP contribution is 2.23. The van der Waals surface area contributed by atoms with Gasteiger partial charge in [0.25, 0.3) is 0 Å². The molecule has 1 aromatic carbocycles. The van der Waals surface area contributed by atoms with Gasteiger partial charge in [-0.25, -0.2) is 0 Å². The highest BCUT2D eigenvalue weighted by atomic mass is 35.5. The number of rotatable bonds is 9. The van der Waals surface area contributed by atoms with Gasteiger partial charge in [0.05, 0.1) is 0 Å². The molecular formula is C16H26ClNS. The first kappa shape index (κ1) is 16.9. The van der Waals surface area contributed by atoms with Crippen LogP contribution < -0.4 is 5.32 Å². The van der Waals surface area contributed by atoms with E-state index in [9.17, 15) is 0 Å². The maximum absolute atomic E-state index is 6.02. The summed E-state index contributed by atoms with van der Waals surface area (Å²) in [6.07, 6.45) is 3.74. The second-order valence-corrected chi connectivity index (χ2v) is 6.92. The fourth-order valence-electron chi connectivity index (χ4n) is 1.88. The van der Waals surface area contributed by atoms with Crippen molar-refractivity contribution in [3.8, 4) is 0 Å². The summed E-state index contributed by atoms with van der Waals surface area (Å²) in [5, 5.41) is 4.48. The van der Waals surface area contributed by atoms with Crippen molar-refractivity contribution in [1.82, 2.24) is 5.32 Å². The van der Waals surface area contributed by atoms with Crippen LogP contribution in [0.2, 0.25) is 5.02 Å². The SMILES string of the molecule is CCCNC(CCC(C)C)CSc1cccc(Cl)c1. The monoisotopic (exact) mass is 299 g/mol. The average molecular weight is 300 g/mol. The van der Waals surface area contributed by atoms with Gasteiger partial charge in [-0.15, -0.1) is 11.8 Å². The number of hydrogen-bond acceptors (Lipinski definition) is 2. The molecule has 0 aromatic heterocycles. The average Bonchev–Trinajstić information content (AvgIpc) is 2.37. The van der Waals surface area contributed by atoms with Crippen molar-refractivity contribution < 1.29 is 0 Å². The highest BCUT2D eigenvalue weighted by Gasteiger charge is 2.09. The van der Waals surface area contributed by atoms with Crippen LogP contribution in [-0.4, -0.2) is 18.3 Å². The number of hydrogen-bond donors (Lipinski definition) is 1. The zero-order chi connectivity index (χ0) is 14.1. The second kappa shape index (κ2) is 9.68. The molecule has 0 fully saturated rings. The van der Waals surface area contributed by atoms with Crippen molar-refractivity contribution in [2.45, 2.75) is 51.0 Å². The standard InChI is InChI=1S/C16H26ClNS/c1-4-10-18-15(9-8-13(2)3)12-19-16-7-5-6-14(17)11-16/h5-7,11,13,15,18H,4,8-10,12H2,1-3H3. The molecular weight excluding hydrogens is 274 g/mol. The first-order valence-corrected chi connectivity index (χ1v) is 8.60. The van der Waals surface area contributed by atoms with Crippen molar-refractivity contribution in [2.24, 2.45) is 5.92 Å². The van der Waals surface area contributed by atoms with Crippen molar-refractivity contribution in [2.75, 3.05) is 12.3 Å². The van der Waals surface area contributed by atoms with E-state index in [1.165, 1.54) is 24.2 Å². The molecule has 0 heterocycles. The lowest BCUT2D eigenvalue weighted by molar-refractivity contribution is 0.456. The topological polar surface area (TPSA) is 12.0 Å². The van der Waals surface area contributed by atoms with Crippen LogP contribution in [0.25, 0.3) is 0 Å². The van der Waals surface area contributed by atoms with E-state index in [4.69, 9.17) is 11.6 Å². The molecule has 1 unspecified atom stereocenters. The minimum Gasteiger partial charge on any atom is -0.313 e. The predicted molar refractivity (Wildman–Crippen MR) is 88.3 cm³/mol. The molecule has 0 bridgehead atoms. The Morgan fingerprint density at radius 3 is 2.68 bits per heavy atom. The zero-order valence-corrected chi connectivity index (χ0v) is 13.9. The van der Waals surface area contributed by atoms with Gasteiger partial charge in [0.1, 0.15) is 0 Å². The van der Waals surface area contributed by atoms with Gasteiger partial charge >= 0.3 is 0 Å². The highest BCUT2D eigenvalue weighted by molar-refractivity contribution is 7.99. The van der Waals surface area contributed by atoms with Crippen LogP contribution in [0, 0.1) is 5.92 Å². The minimum atomic E-state index is 0.603. The lowest BCUT2D eigenvalue weighted by atomic mass is 10.0. The molecule has 108 valence electrons. The third-order valence-electron chi connectivity index (χ3n) is 3.02. The smallest absolute Gasteiger partial charge is 0.0417 e. The van der Waals surface area contributed by atoms with Crippen LogP contribution in [0.1, 0.15) is 40.0 Å². The van der Waals surface area contributed by atoms with Crippen molar-refractivity contribution in [1.29, 1.82) is 0 Å². The summed E-state index contributed by atoms with van der Waals surface area (Å²) in [5.74, 6) is 1.90. The number of thioether (sulfide) groups is 1. The minimum absolute atomic E-state index is 0.603. The van der Waals surface area contributed by atoms with Crippen LogP contribution >= 0.6 is 23.4 Å². The third-order valence-corrected chi connectivity index (χ3v) is 4.41. The van der Waals surface area contributed by atoms with Crippen LogP contribution in [-0.2, 0) is 0 Å². The summed E-state index contributed by atoms with van der Waals surface area (Å²) in [6, 6.07) is 8.73. The van der Waals surface area contributed by atoms with E-state index >= 15 is 0 Å². The number of halogens is 1. The molecule has 0 saturated carbocycles. The van der Waals surface area contributed by atoms with Gasteiger partial charge in [0, 0.05) is 21.7 Å². The van der Waals surface area contributed by atoms with Gasteiger partial charge in [0.2, 0.25) is 0 Å². The van der Waals surface area contributed by atoms with Gasteiger partial charge < -0.3 is 5.32 Å². The molecule has 0 aliphatic heterocycles. The van der Waals surface area contributed by atoms with Gasteiger partial charge in [-0.05, 0) is 49.9 Å². The van der Waals surface area contributed by atoms with E-state index < -0.39 is 0 Å².